The highest BCUT2D eigenvalue weighted by Gasteiger charge is 2.46. The molecular formula is C20H16N2O4S. The number of rotatable bonds is 4. The van der Waals surface area contributed by atoms with Gasteiger partial charge in [-0.05, 0) is 38.1 Å². The fourth-order valence-corrected chi connectivity index (χ4v) is 4.15. The zero-order chi connectivity index (χ0) is 19.1. The van der Waals surface area contributed by atoms with Gasteiger partial charge in [0.2, 0.25) is 5.78 Å². The summed E-state index contributed by atoms with van der Waals surface area (Å²) in [5.41, 5.74) is 1.15. The number of nitrogens with zero attached hydrogens (tertiary/aromatic N) is 2. The van der Waals surface area contributed by atoms with Crippen LogP contribution in [-0.4, -0.2) is 21.8 Å². The van der Waals surface area contributed by atoms with Crippen molar-refractivity contribution in [1.82, 2.24) is 4.98 Å². The molecule has 1 aliphatic heterocycles. The number of furan rings is 1. The van der Waals surface area contributed by atoms with Gasteiger partial charge in [0.15, 0.2) is 5.76 Å². The molecule has 1 N–H and O–H groups in total. The predicted molar refractivity (Wildman–Crippen MR) is 101 cm³/mol. The zero-order valence-electron chi connectivity index (χ0n) is 14.7. The maximum atomic E-state index is 13.3. The number of aliphatic hydroxyl groups excluding tert-OH is 1. The fourth-order valence-electron chi connectivity index (χ4n) is 3.27. The first-order chi connectivity index (χ1) is 13.0. The molecule has 0 spiro atoms. The standard InChI is InChI=1S/C20H16N2O4S/c1-11-19(27-12(2)21-11)17(23)15-16(14-9-6-10-26-14)22(20(25)18(15)24)13-7-4-3-5-8-13/h3-10,16,24H,1-2H3. The van der Waals surface area contributed by atoms with E-state index in [-0.39, 0.29) is 5.57 Å². The Morgan fingerprint density at radius 1 is 1.19 bits per heavy atom. The monoisotopic (exact) mass is 380 g/mol. The maximum absolute atomic E-state index is 13.3. The van der Waals surface area contributed by atoms with Gasteiger partial charge in [0.05, 0.1) is 27.4 Å². The molecule has 1 amide bonds. The Bertz CT molecular complexity index is 1050. The number of carbonyl (C=O) groups excluding carboxylic acids is 2. The van der Waals surface area contributed by atoms with E-state index in [0.717, 1.165) is 5.01 Å². The molecular weight excluding hydrogens is 364 g/mol. The van der Waals surface area contributed by atoms with Crippen molar-refractivity contribution in [3.8, 4) is 0 Å². The lowest BCUT2D eigenvalue weighted by Crippen LogP contribution is -2.30. The van der Waals surface area contributed by atoms with Crippen LogP contribution in [0.1, 0.15) is 32.2 Å². The van der Waals surface area contributed by atoms with E-state index in [1.54, 1.807) is 43.3 Å². The Morgan fingerprint density at radius 3 is 2.52 bits per heavy atom. The Hall–Kier alpha value is -3.19. The minimum absolute atomic E-state index is 0.00514. The van der Waals surface area contributed by atoms with Crippen molar-refractivity contribution in [2.24, 2.45) is 0 Å². The molecule has 1 aliphatic rings. The van der Waals surface area contributed by atoms with E-state index in [1.165, 1.54) is 22.5 Å². The third-order valence-electron chi connectivity index (χ3n) is 4.41. The predicted octanol–water partition coefficient (Wildman–Crippen LogP) is 4.14. The van der Waals surface area contributed by atoms with Gasteiger partial charge in [0, 0.05) is 5.69 Å². The van der Waals surface area contributed by atoms with E-state index in [0.29, 0.717) is 22.0 Å². The second-order valence-corrected chi connectivity index (χ2v) is 7.37. The molecule has 1 aromatic carbocycles. The largest absolute Gasteiger partial charge is 0.503 e. The molecule has 0 fully saturated rings. The lowest BCUT2D eigenvalue weighted by Gasteiger charge is -2.24. The molecule has 4 rings (SSSR count). The summed E-state index contributed by atoms with van der Waals surface area (Å²) < 4.78 is 5.51. The molecule has 6 nitrogen and oxygen atoms in total. The van der Waals surface area contributed by atoms with Crippen LogP contribution in [0.3, 0.4) is 0 Å². The summed E-state index contributed by atoms with van der Waals surface area (Å²) in [6.45, 7) is 3.55. The minimum atomic E-state index is -0.843. The molecule has 1 unspecified atom stereocenters. The first-order valence-corrected chi connectivity index (χ1v) is 9.14. The Kier molecular flexibility index (Phi) is 4.16. The van der Waals surface area contributed by atoms with Gasteiger partial charge in [-0.1, -0.05) is 18.2 Å². The highest BCUT2D eigenvalue weighted by molar-refractivity contribution is 7.14. The molecule has 0 aliphatic carbocycles. The maximum Gasteiger partial charge on any atom is 0.294 e. The summed E-state index contributed by atoms with van der Waals surface area (Å²) >= 11 is 1.24. The Balaban J connectivity index is 1.87. The van der Waals surface area contributed by atoms with E-state index in [9.17, 15) is 14.7 Å². The summed E-state index contributed by atoms with van der Waals surface area (Å²) in [4.78, 5) is 32.2. The number of hydrogen-bond acceptors (Lipinski definition) is 6. The topological polar surface area (TPSA) is 83.6 Å². The average molecular weight is 380 g/mol. The molecule has 0 radical (unpaired) electrons. The summed E-state index contributed by atoms with van der Waals surface area (Å²) in [5.74, 6) is -1.21. The van der Waals surface area contributed by atoms with Crippen molar-refractivity contribution in [3.05, 3.63) is 81.4 Å². The minimum Gasteiger partial charge on any atom is -0.503 e. The summed E-state index contributed by atoms with van der Waals surface area (Å²) in [5, 5.41) is 11.3. The molecule has 0 saturated carbocycles. The molecule has 0 saturated heterocycles. The quantitative estimate of drug-likeness (QED) is 0.688. The van der Waals surface area contributed by atoms with E-state index in [2.05, 4.69) is 4.98 Å². The number of hydrogen-bond donors (Lipinski definition) is 1. The highest BCUT2D eigenvalue weighted by atomic mass is 32.1. The third kappa shape index (κ3) is 2.76. The second-order valence-electron chi connectivity index (χ2n) is 6.17. The second kappa shape index (κ2) is 6.51. The summed E-state index contributed by atoms with van der Waals surface area (Å²) in [6, 6.07) is 11.4. The van der Waals surface area contributed by atoms with Gasteiger partial charge in [0.1, 0.15) is 11.8 Å². The van der Waals surface area contributed by atoms with Gasteiger partial charge in [-0.25, -0.2) is 4.98 Å². The molecule has 0 bridgehead atoms. The lowest BCUT2D eigenvalue weighted by molar-refractivity contribution is -0.117. The van der Waals surface area contributed by atoms with Crippen molar-refractivity contribution in [3.63, 3.8) is 0 Å². The molecule has 7 heteroatoms. The van der Waals surface area contributed by atoms with Crippen LogP contribution >= 0.6 is 11.3 Å². The number of Topliss-reactive ketones (excluding diaryl/α,β-unsaturated/α-hetero) is 1. The van der Waals surface area contributed by atoms with Gasteiger partial charge in [-0.3, -0.25) is 14.5 Å². The van der Waals surface area contributed by atoms with Crippen molar-refractivity contribution < 1.29 is 19.1 Å². The van der Waals surface area contributed by atoms with Gasteiger partial charge < -0.3 is 9.52 Å². The number of aryl methyl sites for hydroxylation is 2. The number of ketones is 1. The number of aromatic nitrogens is 1. The van der Waals surface area contributed by atoms with Crippen molar-refractivity contribution >= 4 is 28.7 Å². The Labute approximate surface area is 159 Å². The molecule has 3 heterocycles. The zero-order valence-corrected chi connectivity index (χ0v) is 15.5. The number of carbonyl (C=O) groups is 2. The number of aliphatic hydroxyl groups is 1. The fraction of sp³-hybridized carbons (Fsp3) is 0.150. The first-order valence-electron chi connectivity index (χ1n) is 8.33. The van der Waals surface area contributed by atoms with E-state index >= 15 is 0 Å². The molecule has 136 valence electrons. The molecule has 27 heavy (non-hydrogen) atoms. The number of anilines is 1. The first kappa shape index (κ1) is 17.2. The van der Waals surface area contributed by atoms with E-state index in [4.69, 9.17) is 4.42 Å². The smallest absolute Gasteiger partial charge is 0.294 e. The molecule has 2 aromatic heterocycles. The number of para-hydroxylation sites is 1. The van der Waals surface area contributed by atoms with Gasteiger partial charge in [0.25, 0.3) is 5.91 Å². The molecule has 3 aromatic rings. The van der Waals surface area contributed by atoms with Crippen molar-refractivity contribution in [1.29, 1.82) is 0 Å². The SMILES string of the molecule is Cc1nc(C)c(C(=O)C2=C(O)C(=O)N(c3ccccc3)C2c2ccco2)s1. The van der Waals surface area contributed by atoms with Crippen LogP contribution in [0.5, 0.6) is 0 Å². The summed E-state index contributed by atoms with van der Waals surface area (Å²) in [6.07, 6.45) is 1.47. The average Bonchev–Trinajstić information content (AvgIpc) is 3.35. The number of amides is 1. The van der Waals surface area contributed by atoms with Crippen LogP contribution < -0.4 is 4.90 Å². The summed E-state index contributed by atoms with van der Waals surface area (Å²) in [7, 11) is 0. The van der Waals surface area contributed by atoms with Crippen LogP contribution in [0.4, 0.5) is 5.69 Å². The van der Waals surface area contributed by atoms with Crippen LogP contribution in [0.2, 0.25) is 0 Å². The molecule has 1 atom stereocenters. The van der Waals surface area contributed by atoms with Gasteiger partial charge >= 0.3 is 0 Å². The van der Waals surface area contributed by atoms with Crippen molar-refractivity contribution in [2.75, 3.05) is 4.90 Å². The van der Waals surface area contributed by atoms with Crippen LogP contribution in [0.15, 0.2) is 64.5 Å². The van der Waals surface area contributed by atoms with Crippen LogP contribution in [-0.2, 0) is 4.79 Å². The third-order valence-corrected chi connectivity index (χ3v) is 5.48. The normalized spacial score (nSPS) is 17.0. The number of thiazole rings is 1. The van der Waals surface area contributed by atoms with E-state index < -0.39 is 23.5 Å². The Morgan fingerprint density at radius 2 is 1.93 bits per heavy atom. The van der Waals surface area contributed by atoms with Gasteiger partial charge in [-0.2, -0.15) is 0 Å². The van der Waals surface area contributed by atoms with Gasteiger partial charge in [-0.15, -0.1) is 11.3 Å². The number of benzene rings is 1. The van der Waals surface area contributed by atoms with Crippen LogP contribution in [0.25, 0.3) is 0 Å². The van der Waals surface area contributed by atoms with Crippen LogP contribution in [0, 0.1) is 13.8 Å². The highest BCUT2D eigenvalue weighted by Crippen LogP contribution is 2.42. The lowest BCUT2D eigenvalue weighted by atomic mass is 9.99. The van der Waals surface area contributed by atoms with E-state index in [1.807, 2.05) is 13.0 Å². The van der Waals surface area contributed by atoms with Crippen molar-refractivity contribution in [2.45, 2.75) is 19.9 Å².